The fourth-order valence-corrected chi connectivity index (χ4v) is 1.46. The van der Waals surface area contributed by atoms with Crippen LogP contribution >= 0.6 is 0 Å². The third-order valence-corrected chi connectivity index (χ3v) is 2.40. The molecule has 0 saturated carbocycles. The molecular weight excluding hydrogens is 244 g/mol. The van der Waals surface area contributed by atoms with Gasteiger partial charge in [-0.05, 0) is 18.2 Å². The highest BCUT2D eigenvalue weighted by Gasteiger charge is 2.07. The SMILES string of the molecule is COc1cc(C#N)ccc1Oc1ccc(C=O)cn1. The van der Waals surface area contributed by atoms with Crippen molar-refractivity contribution in [1.82, 2.24) is 4.98 Å². The number of pyridine rings is 1. The van der Waals surface area contributed by atoms with Gasteiger partial charge < -0.3 is 9.47 Å². The van der Waals surface area contributed by atoms with E-state index in [-0.39, 0.29) is 0 Å². The lowest BCUT2D eigenvalue weighted by molar-refractivity contribution is 0.112. The number of nitrogens with zero attached hydrogens (tertiary/aromatic N) is 2. The second-order valence-electron chi connectivity index (χ2n) is 3.63. The van der Waals surface area contributed by atoms with Crippen LogP contribution in [0.1, 0.15) is 15.9 Å². The standard InChI is InChI=1S/C14H10N2O3/c1-18-13-6-10(7-15)2-4-12(13)19-14-5-3-11(9-17)8-16-14/h2-6,8-9H,1H3. The Bertz CT molecular complexity index is 630. The molecule has 0 fully saturated rings. The van der Waals surface area contributed by atoms with E-state index in [1.807, 2.05) is 6.07 Å². The second kappa shape index (κ2) is 5.65. The summed E-state index contributed by atoms with van der Waals surface area (Å²) in [5.41, 5.74) is 0.951. The molecule has 1 heterocycles. The fourth-order valence-electron chi connectivity index (χ4n) is 1.46. The Morgan fingerprint density at radius 3 is 2.68 bits per heavy atom. The Morgan fingerprint density at radius 2 is 2.11 bits per heavy atom. The highest BCUT2D eigenvalue weighted by atomic mass is 16.5. The number of hydrogen-bond acceptors (Lipinski definition) is 5. The van der Waals surface area contributed by atoms with Gasteiger partial charge in [-0.1, -0.05) is 0 Å². The molecule has 0 aliphatic carbocycles. The van der Waals surface area contributed by atoms with Crippen LogP contribution in [-0.4, -0.2) is 18.4 Å². The molecule has 0 spiro atoms. The Hall–Kier alpha value is -2.87. The fraction of sp³-hybridized carbons (Fsp3) is 0.0714. The van der Waals surface area contributed by atoms with E-state index in [4.69, 9.17) is 14.7 Å². The molecule has 2 aromatic rings. The highest BCUT2D eigenvalue weighted by molar-refractivity contribution is 5.74. The molecule has 94 valence electrons. The zero-order valence-electron chi connectivity index (χ0n) is 10.2. The average molecular weight is 254 g/mol. The maximum Gasteiger partial charge on any atom is 0.219 e. The van der Waals surface area contributed by atoms with Crippen molar-refractivity contribution in [2.75, 3.05) is 7.11 Å². The first-order valence-electron chi connectivity index (χ1n) is 5.44. The normalized spacial score (nSPS) is 9.47. The van der Waals surface area contributed by atoms with E-state index < -0.39 is 0 Å². The summed E-state index contributed by atoms with van der Waals surface area (Å²) in [4.78, 5) is 14.5. The van der Waals surface area contributed by atoms with E-state index in [0.29, 0.717) is 34.8 Å². The highest BCUT2D eigenvalue weighted by Crippen LogP contribution is 2.31. The predicted octanol–water partition coefficient (Wildman–Crippen LogP) is 2.57. The number of aldehydes is 1. The topological polar surface area (TPSA) is 72.2 Å². The van der Waals surface area contributed by atoms with E-state index in [9.17, 15) is 4.79 Å². The molecule has 0 radical (unpaired) electrons. The van der Waals surface area contributed by atoms with Crippen LogP contribution < -0.4 is 9.47 Å². The molecule has 0 aliphatic rings. The summed E-state index contributed by atoms with van der Waals surface area (Å²) in [5, 5.41) is 8.80. The van der Waals surface area contributed by atoms with Crippen molar-refractivity contribution in [3.63, 3.8) is 0 Å². The Kier molecular flexibility index (Phi) is 3.74. The molecule has 0 aliphatic heterocycles. The summed E-state index contributed by atoms with van der Waals surface area (Å²) in [5.74, 6) is 1.24. The van der Waals surface area contributed by atoms with E-state index in [2.05, 4.69) is 4.98 Å². The maximum atomic E-state index is 10.5. The van der Waals surface area contributed by atoms with Crippen LogP contribution in [0.3, 0.4) is 0 Å². The molecule has 0 amide bonds. The zero-order chi connectivity index (χ0) is 13.7. The lowest BCUT2D eigenvalue weighted by Gasteiger charge is -2.09. The summed E-state index contributed by atoms with van der Waals surface area (Å²) in [6, 6.07) is 10.0. The van der Waals surface area contributed by atoms with Gasteiger partial charge >= 0.3 is 0 Å². The first kappa shape index (κ1) is 12.6. The number of hydrogen-bond donors (Lipinski definition) is 0. The molecule has 1 aromatic heterocycles. The summed E-state index contributed by atoms with van der Waals surface area (Å²) in [7, 11) is 1.49. The van der Waals surface area contributed by atoms with E-state index >= 15 is 0 Å². The number of methoxy groups -OCH3 is 1. The van der Waals surface area contributed by atoms with Crippen molar-refractivity contribution in [2.45, 2.75) is 0 Å². The molecule has 0 bridgehead atoms. The van der Waals surface area contributed by atoms with Crippen molar-refractivity contribution in [3.8, 4) is 23.4 Å². The van der Waals surface area contributed by atoms with Crippen LogP contribution in [-0.2, 0) is 0 Å². The lowest BCUT2D eigenvalue weighted by atomic mass is 10.2. The van der Waals surface area contributed by atoms with Crippen molar-refractivity contribution in [1.29, 1.82) is 5.26 Å². The van der Waals surface area contributed by atoms with Gasteiger partial charge in [-0.3, -0.25) is 4.79 Å². The van der Waals surface area contributed by atoms with Gasteiger partial charge in [0.05, 0.1) is 18.7 Å². The molecule has 0 atom stereocenters. The number of nitriles is 1. The predicted molar refractivity (Wildman–Crippen MR) is 67.4 cm³/mol. The van der Waals surface area contributed by atoms with Gasteiger partial charge in [-0.2, -0.15) is 5.26 Å². The minimum atomic E-state index is 0.341. The quantitative estimate of drug-likeness (QED) is 0.784. The van der Waals surface area contributed by atoms with Gasteiger partial charge in [0.2, 0.25) is 5.88 Å². The average Bonchev–Trinajstić information content (AvgIpc) is 2.48. The van der Waals surface area contributed by atoms with Gasteiger partial charge in [0, 0.05) is 23.9 Å². The van der Waals surface area contributed by atoms with Crippen LogP contribution in [0.5, 0.6) is 17.4 Å². The monoisotopic (exact) mass is 254 g/mol. The third-order valence-electron chi connectivity index (χ3n) is 2.40. The first-order chi connectivity index (χ1) is 9.26. The Balaban J connectivity index is 2.27. The lowest BCUT2D eigenvalue weighted by Crippen LogP contribution is -1.93. The molecule has 0 N–H and O–H groups in total. The molecule has 5 nitrogen and oxygen atoms in total. The van der Waals surface area contributed by atoms with Gasteiger partial charge in [0.15, 0.2) is 17.8 Å². The number of aromatic nitrogens is 1. The van der Waals surface area contributed by atoms with Crippen molar-refractivity contribution in [2.24, 2.45) is 0 Å². The molecule has 1 aromatic carbocycles. The molecule has 5 heteroatoms. The molecular formula is C14H10N2O3. The Morgan fingerprint density at radius 1 is 1.26 bits per heavy atom. The number of benzene rings is 1. The molecule has 0 unspecified atom stereocenters. The van der Waals surface area contributed by atoms with Gasteiger partial charge in [-0.25, -0.2) is 4.98 Å². The number of ether oxygens (including phenoxy) is 2. The largest absolute Gasteiger partial charge is 0.493 e. The third kappa shape index (κ3) is 2.87. The van der Waals surface area contributed by atoms with Gasteiger partial charge in [-0.15, -0.1) is 0 Å². The minimum absolute atomic E-state index is 0.341. The summed E-state index contributed by atoms with van der Waals surface area (Å²) >= 11 is 0. The van der Waals surface area contributed by atoms with Gasteiger partial charge in [0.1, 0.15) is 0 Å². The minimum Gasteiger partial charge on any atom is -0.493 e. The molecule has 19 heavy (non-hydrogen) atoms. The van der Waals surface area contributed by atoms with Crippen molar-refractivity contribution < 1.29 is 14.3 Å². The zero-order valence-corrected chi connectivity index (χ0v) is 10.2. The van der Waals surface area contributed by atoms with Crippen LogP contribution in [0.15, 0.2) is 36.5 Å². The van der Waals surface area contributed by atoms with E-state index in [1.54, 1.807) is 30.3 Å². The summed E-state index contributed by atoms with van der Waals surface area (Å²) in [6.45, 7) is 0. The van der Waals surface area contributed by atoms with Crippen molar-refractivity contribution >= 4 is 6.29 Å². The van der Waals surface area contributed by atoms with Crippen molar-refractivity contribution in [3.05, 3.63) is 47.7 Å². The number of rotatable bonds is 4. The Labute approximate surface area is 110 Å². The van der Waals surface area contributed by atoms with Crippen LogP contribution in [0, 0.1) is 11.3 Å². The summed E-state index contributed by atoms with van der Waals surface area (Å²) in [6.07, 6.45) is 2.12. The number of carbonyl (C=O) groups is 1. The maximum absolute atomic E-state index is 10.5. The molecule has 0 saturated heterocycles. The van der Waals surface area contributed by atoms with Crippen LogP contribution in [0.2, 0.25) is 0 Å². The number of carbonyl (C=O) groups excluding carboxylic acids is 1. The first-order valence-corrected chi connectivity index (χ1v) is 5.44. The summed E-state index contributed by atoms with van der Waals surface area (Å²) < 4.78 is 10.7. The van der Waals surface area contributed by atoms with Crippen LogP contribution in [0.25, 0.3) is 0 Å². The molecule has 2 rings (SSSR count). The van der Waals surface area contributed by atoms with Gasteiger partial charge in [0.25, 0.3) is 0 Å². The van der Waals surface area contributed by atoms with Crippen LogP contribution in [0.4, 0.5) is 0 Å². The smallest absolute Gasteiger partial charge is 0.219 e. The van der Waals surface area contributed by atoms with E-state index in [1.165, 1.54) is 13.3 Å². The van der Waals surface area contributed by atoms with E-state index in [0.717, 1.165) is 0 Å². The second-order valence-corrected chi connectivity index (χ2v) is 3.63.